The van der Waals surface area contributed by atoms with Gasteiger partial charge < -0.3 is 11.1 Å². The van der Waals surface area contributed by atoms with E-state index in [9.17, 15) is 4.79 Å². The zero-order chi connectivity index (χ0) is 13.2. The van der Waals surface area contributed by atoms with Crippen molar-refractivity contribution in [2.24, 2.45) is 12.5 Å². The summed E-state index contributed by atoms with van der Waals surface area (Å²) >= 11 is 0. The van der Waals surface area contributed by atoms with Crippen LogP contribution in [-0.4, -0.2) is 22.2 Å². The van der Waals surface area contributed by atoms with Crippen molar-refractivity contribution in [3.63, 3.8) is 0 Å². The molecule has 5 heteroatoms. The van der Waals surface area contributed by atoms with Crippen LogP contribution in [0.25, 0.3) is 0 Å². The number of aromatic nitrogens is 2. The zero-order valence-electron chi connectivity index (χ0n) is 11.2. The van der Waals surface area contributed by atoms with E-state index in [2.05, 4.69) is 17.3 Å². The molecular formula is C13H22N4O. The second-order valence-corrected chi connectivity index (χ2v) is 5.35. The van der Waals surface area contributed by atoms with E-state index in [1.54, 1.807) is 17.9 Å². The Morgan fingerprint density at radius 3 is 2.72 bits per heavy atom. The Morgan fingerprint density at radius 2 is 2.22 bits per heavy atom. The maximum Gasteiger partial charge on any atom is 0.273 e. The smallest absolute Gasteiger partial charge is 0.273 e. The predicted octanol–water partition coefficient (Wildman–Crippen LogP) is 1.70. The second kappa shape index (κ2) is 5.00. The van der Waals surface area contributed by atoms with Crippen LogP contribution in [0.15, 0.2) is 6.20 Å². The van der Waals surface area contributed by atoms with Crippen LogP contribution in [0.2, 0.25) is 0 Å². The van der Waals surface area contributed by atoms with Crippen molar-refractivity contribution in [2.75, 3.05) is 12.3 Å². The number of anilines is 1. The summed E-state index contributed by atoms with van der Waals surface area (Å²) in [5, 5.41) is 7.08. The molecule has 5 nitrogen and oxygen atoms in total. The third-order valence-corrected chi connectivity index (χ3v) is 4.11. The second-order valence-electron chi connectivity index (χ2n) is 5.35. The molecule has 0 aliphatic heterocycles. The largest absolute Gasteiger partial charge is 0.396 e. The minimum Gasteiger partial charge on any atom is -0.396 e. The van der Waals surface area contributed by atoms with E-state index in [0.717, 1.165) is 13.0 Å². The fraction of sp³-hybridized carbons (Fsp3) is 0.692. The first-order chi connectivity index (χ1) is 8.56. The topological polar surface area (TPSA) is 72.9 Å². The number of nitrogens with one attached hydrogen (secondary N) is 1. The number of carbonyl (C=O) groups is 1. The monoisotopic (exact) mass is 250 g/mol. The highest BCUT2D eigenvalue weighted by molar-refractivity contribution is 5.97. The molecule has 3 N–H and O–H groups in total. The Bertz CT molecular complexity index is 432. The van der Waals surface area contributed by atoms with E-state index < -0.39 is 0 Å². The highest BCUT2D eigenvalue weighted by Crippen LogP contribution is 2.40. The van der Waals surface area contributed by atoms with Crippen molar-refractivity contribution in [1.29, 1.82) is 0 Å². The number of nitrogen functional groups attached to an aromatic ring is 1. The van der Waals surface area contributed by atoms with E-state index in [4.69, 9.17) is 5.73 Å². The molecule has 0 radical (unpaired) electrons. The number of amides is 1. The number of carbonyl (C=O) groups excluding carboxylic acids is 1. The number of hydrogen-bond acceptors (Lipinski definition) is 3. The third-order valence-electron chi connectivity index (χ3n) is 4.11. The summed E-state index contributed by atoms with van der Waals surface area (Å²) in [5.41, 5.74) is 6.81. The first kappa shape index (κ1) is 12.9. The first-order valence-corrected chi connectivity index (χ1v) is 6.64. The lowest BCUT2D eigenvalue weighted by Gasteiger charge is -2.27. The van der Waals surface area contributed by atoms with Crippen LogP contribution in [0.3, 0.4) is 0 Å². The van der Waals surface area contributed by atoms with Crippen molar-refractivity contribution < 1.29 is 4.79 Å². The molecule has 100 valence electrons. The van der Waals surface area contributed by atoms with Crippen LogP contribution >= 0.6 is 0 Å². The SMILES string of the molecule is CCC1(CNC(=O)c2nn(C)cc2N)CCCC1. The van der Waals surface area contributed by atoms with Gasteiger partial charge in [-0.25, -0.2) is 0 Å². The number of rotatable bonds is 4. The van der Waals surface area contributed by atoms with Crippen LogP contribution in [0, 0.1) is 5.41 Å². The Labute approximate surface area is 108 Å². The van der Waals surface area contributed by atoms with Gasteiger partial charge in [0.1, 0.15) is 0 Å². The molecule has 0 bridgehead atoms. The first-order valence-electron chi connectivity index (χ1n) is 6.64. The van der Waals surface area contributed by atoms with Gasteiger partial charge in [-0.3, -0.25) is 9.48 Å². The molecule has 1 fully saturated rings. The summed E-state index contributed by atoms with van der Waals surface area (Å²) in [6.07, 6.45) is 7.74. The normalized spacial score (nSPS) is 17.9. The number of nitrogens with zero attached hydrogens (tertiary/aromatic N) is 2. The maximum absolute atomic E-state index is 12.0. The van der Waals surface area contributed by atoms with Gasteiger partial charge >= 0.3 is 0 Å². The summed E-state index contributed by atoms with van der Waals surface area (Å²) in [6, 6.07) is 0. The van der Waals surface area contributed by atoms with Gasteiger partial charge in [0.15, 0.2) is 5.69 Å². The van der Waals surface area contributed by atoms with Crippen LogP contribution in [0.1, 0.15) is 49.5 Å². The van der Waals surface area contributed by atoms with E-state index in [0.29, 0.717) is 16.8 Å². The lowest BCUT2D eigenvalue weighted by Crippen LogP contribution is -2.36. The minimum absolute atomic E-state index is 0.159. The zero-order valence-corrected chi connectivity index (χ0v) is 11.2. The summed E-state index contributed by atoms with van der Waals surface area (Å²) < 4.78 is 1.56. The summed E-state index contributed by atoms with van der Waals surface area (Å²) in [5.74, 6) is -0.159. The molecule has 1 heterocycles. The van der Waals surface area contributed by atoms with Gasteiger partial charge in [-0.2, -0.15) is 5.10 Å². The molecule has 1 amide bonds. The van der Waals surface area contributed by atoms with Gasteiger partial charge in [-0.15, -0.1) is 0 Å². The quantitative estimate of drug-likeness (QED) is 0.854. The number of nitrogens with two attached hydrogens (primary N) is 1. The van der Waals surface area contributed by atoms with Gasteiger partial charge in [0, 0.05) is 19.8 Å². The summed E-state index contributed by atoms with van der Waals surface area (Å²) in [7, 11) is 1.76. The van der Waals surface area contributed by atoms with Gasteiger partial charge in [0.25, 0.3) is 5.91 Å². The van der Waals surface area contributed by atoms with Gasteiger partial charge in [-0.05, 0) is 24.7 Å². The van der Waals surface area contributed by atoms with Crippen LogP contribution in [-0.2, 0) is 7.05 Å². The molecule has 1 saturated carbocycles. The third kappa shape index (κ3) is 2.49. The van der Waals surface area contributed by atoms with Crippen LogP contribution in [0.5, 0.6) is 0 Å². The molecule has 0 aromatic carbocycles. The molecule has 0 unspecified atom stereocenters. The molecule has 1 aromatic rings. The average Bonchev–Trinajstić information content (AvgIpc) is 2.94. The van der Waals surface area contributed by atoms with Crippen molar-refractivity contribution in [2.45, 2.75) is 39.0 Å². The van der Waals surface area contributed by atoms with Crippen molar-refractivity contribution in [1.82, 2.24) is 15.1 Å². The standard InChI is InChI=1S/C13H22N4O/c1-3-13(6-4-5-7-13)9-15-12(18)11-10(14)8-17(2)16-11/h8H,3-7,9,14H2,1-2H3,(H,15,18). The molecule has 18 heavy (non-hydrogen) atoms. The summed E-state index contributed by atoms with van der Waals surface area (Å²) in [4.78, 5) is 12.0. The molecule has 2 rings (SSSR count). The molecule has 0 atom stereocenters. The molecule has 1 aromatic heterocycles. The molecule has 1 aliphatic rings. The lowest BCUT2D eigenvalue weighted by atomic mass is 9.83. The number of aryl methyl sites for hydroxylation is 1. The average molecular weight is 250 g/mol. The van der Waals surface area contributed by atoms with E-state index >= 15 is 0 Å². The Hall–Kier alpha value is -1.52. The highest BCUT2D eigenvalue weighted by atomic mass is 16.2. The maximum atomic E-state index is 12.0. The van der Waals surface area contributed by atoms with E-state index in [-0.39, 0.29) is 5.91 Å². The van der Waals surface area contributed by atoms with Gasteiger partial charge in [0.05, 0.1) is 5.69 Å². The fourth-order valence-corrected chi connectivity index (χ4v) is 2.82. The van der Waals surface area contributed by atoms with Crippen LogP contribution < -0.4 is 11.1 Å². The summed E-state index contributed by atoms with van der Waals surface area (Å²) in [6.45, 7) is 2.94. The predicted molar refractivity (Wildman–Crippen MR) is 71.1 cm³/mol. The lowest BCUT2D eigenvalue weighted by molar-refractivity contribution is 0.0924. The van der Waals surface area contributed by atoms with Crippen molar-refractivity contribution in [3.05, 3.63) is 11.9 Å². The molecule has 0 spiro atoms. The fourth-order valence-electron chi connectivity index (χ4n) is 2.82. The van der Waals surface area contributed by atoms with E-state index in [1.807, 2.05) is 0 Å². The number of hydrogen-bond donors (Lipinski definition) is 2. The molecule has 0 saturated heterocycles. The Balaban J connectivity index is 1.98. The van der Waals surface area contributed by atoms with Crippen molar-refractivity contribution in [3.8, 4) is 0 Å². The molecule has 1 aliphatic carbocycles. The minimum atomic E-state index is -0.159. The molecular weight excluding hydrogens is 228 g/mol. The Morgan fingerprint density at radius 1 is 1.56 bits per heavy atom. The highest BCUT2D eigenvalue weighted by Gasteiger charge is 2.32. The van der Waals surface area contributed by atoms with E-state index in [1.165, 1.54) is 25.7 Å². The van der Waals surface area contributed by atoms with Gasteiger partial charge in [-0.1, -0.05) is 19.8 Å². The van der Waals surface area contributed by atoms with Gasteiger partial charge in [0.2, 0.25) is 0 Å². The van der Waals surface area contributed by atoms with Crippen molar-refractivity contribution >= 4 is 11.6 Å². The Kier molecular flexibility index (Phi) is 3.59. The van der Waals surface area contributed by atoms with Crippen LogP contribution in [0.4, 0.5) is 5.69 Å².